The van der Waals surface area contributed by atoms with Crippen LogP contribution in [-0.4, -0.2) is 20.7 Å². The molecule has 0 aliphatic heterocycles. The van der Waals surface area contributed by atoms with E-state index in [9.17, 15) is 4.79 Å². The van der Waals surface area contributed by atoms with Crippen LogP contribution in [0, 0.1) is 18.8 Å². The number of anilines is 1. The van der Waals surface area contributed by atoms with E-state index in [1.807, 2.05) is 6.92 Å². The molecule has 1 aliphatic carbocycles. The van der Waals surface area contributed by atoms with Crippen molar-refractivity contribution in [3.05, 3.63) is 27.0 Å². The van der Waals surface area contributed by atoms with Crippen LogP contribution in [0.2, 0.25) is 5.15 Å². The maximum atomic E-state index is 12.6. The van der Waals surface area contributed by atoms with Crippen LogP contribution < -0.4 is 5.32 Å². The van der Waals surface area contributed by atoms with Gasteiger partial charge in [0.1, 0.15) is 5.15 Å². The van der Waals surface area contributed by atoms with Gasteiger partial charge in [0.25, 0.3) is 5.91 Å². The van der Waals surface area contributed by atoms with E-state index in [0.717, 1.165) is 25.0 Å². The van der Waals surface area contributed by atoms with E-state index in [0.29, 0.717) is 39.9 Å². The third-order valence-corrected chi connectivity index (χ3v) is 5.66. The zero-order chi connectivity index (χ0) is 17.4. The third-order valence-electron chi connectivity index (χ3n) is 4.24. The molecule has 1 aliphatic rings. The number of nitrogens with zero attached hydrogens (tertiary/aromatic N) is 3. The molecule has 3 rings (SSSR count). The van der Waals surface area contributed by atoms with Gasteiger partial charge in [0.05, 0.1) is 17.0 Å². The number of carbonyl (C=O) groups excluding carboxylic acids is 1. The van der Waals surface area contributed by atoms with Crippen molar-refractivity contribution in [2.24, 2.45) is 11.8 Å². The summed E-state index contributed by atoms with van der Waals surface area (Å²) in [7, 11) is 0. The van der Waals surface area contributed by atoms with Gasteiger partial charge >= 0.3 is 0 Å². The first kappa shape index (κ1) is 17.4. The molecule has 5 nitrogen and oxygen atoms in total. The lowest BCUT2D eigenvalue weighted by Gasteiger charge is -2.15. The highest BCUT2D eigenvalue weighted by Gasteiger charge is 2.24. The van der Waals surface area contributed by atoms with Gasteiger partial charge in [-0.1, -0.05) is 32.4 Å². The molecule has 1 amide bonds. The smallest absolute Gasteiger partial charge is 0.262 e. The Labute approximate surface area is 151 Å². The highest BCUT2D eigenvalue weighted by atomic mass is 35.5. The Morgan fingerprint density at radius 3 is 2.96 bits per heavy atom. The van der Waals surface area contributed by atoms with Gasteiger partial charge in [-0.2, -0.15) is 5.10 Å². The molecule has 0 spiro atoms. The van der Waals surface area contributed by atoms with E-state index < -0.39 is 0 Å². The van der Waals surface area contributed by atoms with E-state index in [4.69, 9.17) is 11.6 Å². The second-order valence-electron chi connectivity index (χ2n) is 7.02. The number of thiazole rings is 1. The summed E-state index contributed by atoms with van der Waals surface area (Å²) >= 11 is 7.96. The minimum absolute atomic E-state index is 0.230. The predicted octanol–water partition coefficient (Wildman–Crippen LogP) is 4.33. The van der Waals surface area contributed by atoms with Crippen LogP contribution in [0.5, 0.6) is 0 Å². The van der Waals surface area contributed by atoms with Gasteiger partial charge < -0.3 is 0 Å². The summed E-state index contributed by atoms with van der Waals surface area (Å²) in [5.74, 6) is 0.865. The molecular weight excluding hydrogens is 344 g/mol. The molecule has 0 fully saturated rings. The second kappa shape index (κ2) is 6.84. The summed E-state index contributed by atoms with van der Waals surface area (Å²) in [5, 5.41) is 8.36. The molecule has 0 saturated carbocycles. The SMILES string of the molecule is Cc1nn(CC(C)C)c(Cl)c1C(=O)Nc1nc2c(s1)CC(C)CC2. The number of hydrogen-bond donors (Lipinski definition) is 1. The first-order chi connectivity index (χ1) is 11.3. The van der Waals surface area contributed by atoms with Crippen LogP contribution >= 0.6 is 22.9 Å². The molecule has 1 unspecified atom stereocenters. The van der Waals surface area contributed by atoms with Crippen molar-refractivity contribution in [2.75, 3.05) is 5.32 Å². The zero-order valence-electron chi connectivity index (χ0n) is 14.5. The molecule has 0 bridgehead atoms. The van der Waals surface area contributed by atoms with E-state index in [1.165, 1.54) is 4.88 Å². The van der Waals surface area contributed by atoms with Crippen LogP contribution in [0.25, 0.3) is 0 Å². The van der Waals surface area contributed by atoms with Crippen LogP contribution in [-0.2, 0) is 19.4 Å². The van der Waals surface area contributed by atoms with Crippen molar-refractivity contribution in [2.45, 2.75) is 53.5 Å². The summed E-state index contributed by atoms with van der Waals surface area (Å²) in [6.45, 7) is 8.94. The Kier molecular flexibility index (Phi) is 4.97. The Bertz CT molecular complexity index is 765. The van der Waals surface area contributed by atoms with Gasteiger partial charge in [0, 0.05) is 11.4 Å². The number of nitrogens with one attached hydrogen (secondary N) is 1. The maximum absolute atomic E-state index is 12.6. The standard InChI is InChI=1S/C17H23ClN4OS/c1-9(2)8-22-15(18)14(11(4)21-22)16(23)20-17-19-12-6-5-10(3)7-13(12)24-17/h9-10H,5-8H2,1-4H3,(H,19,20,23). The number of rotatable bonds is 4. The quantitative estimate of drug-likeness (QED) is 0.875. The second-order valence-corrected chi connectivity index (χ2v) is 8.46. The van der Waals surface area contributed by atoms with E-state index in [-0.39, 0.29) is 5.91 Å². The van der Waals surface area contributed by atoms with Crippen LogP contribution in [0.15, 0.2) is 0 Å². The van der Waals surface area contributed by atoms with Crippen LogP contribution in [0.1, 0.15) is 53.8 Å². The Hall–Kier alpha value is -1.40. The molecule has 2 aromatic heterocycles. The number of hydrogen-bond acceptors (Lipinski definition) is 4. The van der Waals surface area contributed by atoms with Crippen molar-refractivity contribution >= 4 is 34.0 Å². The van der Waals surface area contributed by atoms with Crippen molar-refractivity contribution in [3.63, 3.8) is 0 Å². The van der Waals surface area contributed by atoms with Gasteiger partial charge in [-0.25, -0.2) is 4.98 Å². The van der Waals surface area contributed by atoms with E-state index in [2.05, 4.69) is 36.2 Å². The van der Waals surface area contributed by atoms with Gasteiger partial charge in [0.15, 0.2) is 5.13 Å². The number of fused-ring (bicyclic) bond motifs is 1. The zero-order valence-corrected chi connectivity index (χ0v) is 16.1. The molecule has 130 valence electrons. The van der Waals surface area contributed by atoms with E-state index in [1.54, 1.807) is 16.0 Å². The number of aromatic nitrogens is 3. The summed E-state index contributed by atoms with van der Waals surface area (Å²) in [6.07, 6.45) is 3.21. The topological polar surface area (TPSA) is 59.8 Å². The molecule has 0 radical (unpaired) electrons. The number of amides is 1. The number of halogens is 1. The fraction of sp³-hybridized carbons (Fsp3) is 0.588. The Balaban J connectivity index is 1.79. The number of aryl methyl sites for hydroxylation is 2. The first-order valence-corrected chi connectivity index (χ1v) is 9.57. The van der Waals surface area contributed by atoms with E-state index >= 15 is 0 Å². The highest BCUT2D eigenvalue weighted by molar-refractivity contribution is 7.15. The van der Waals surface area contributed by atoms with Crippen molar-refractivity contribution in [3.8, 4) is 0 Å². The van der Waals surface area contributed by atoms with Crippen molar-refractivity contribution < 1.29 is 4.79 Å². The van der Waals surface area contributed by atoms with Gasteiger partial charge in [0.2, 0.25) is 0 Å². The van der Waals surface area contributed by atoms with Crippen molar-refractivity contribution in [1.29, 1.82) is 0 Å². The van der Waals surface area contributed by atoms with Gasteiger partial charge in [-0.05, 0) is 38.0 Å². The maximum Gasteiger partial charge on any atom is 0.262 e. The highest BCUT2D eigenvalue weighted by Crippen LogP contribution is 2.32. The molecule has 24 heavy (non-hydrogen) atoms. The minimum Gasteiger partial charge on any atom is -0.298 e. The lowest BCUT2D eigenvalue weighted by Crippen LogP contribution is -2.13. The predicted molar refractivity (Wildman–Crippen MR) is 98.1 cm³/mol. The molecule has 0 saturated heterocycles. The largest absolute Gasteiger partial charge is 0.298 e. The summed E-state index contributed by atoms with van der Waals surface area (Å²) in [4.78, 5) is 18.5. The number of carbonyl (C=O) groups is 1. The monoisotopic (exact) mass is 366 g/mol. The van der Waals surface area contributed by atoms with Crippen molar-refractivity contribution in [1.82, 2.24) is 14.8 Å². The molecule has 2 aromatic rings. The summed E-state index contributed by atoms with van der Waals surface area (Å²) in [6, 6.07) is 0. The molecule has 7 heteroatoms. The van der Waals surface area contributed by atoms with Crippen LogP contribution in [0.4, 0.5) is 5.13 Å². The fourth-order valence-corrected chi connectivity index (χ4v) is 4.53. The molecular formula is C17H23ClN4OS. The molecule has 0 aromatic carbocycles. The molecule has 1 atom stereocenters. The minimum atomic E-state index is -0.230. The average Bonchev–Trinajstić information content (AvgIpc) is 2.98. The molecule has 1 N–H and O–H groups in total. The van der Waals surface area contributed by atoms with Crippen LogP contribution in [0.3, 0.4) is 0 Å². The summed E-state index contributed by atoms with van der Waals surface area (Å²) in [5.41, 5.74) is 2.22. The lowest BCUT2D eigenvalue weighted by atomic mass is 9.93. The third kappa shape index (κ3) is 3.49. The van der Waals surface area contributed by atoms with Gasteiger partial charge in [-0.15, -0.1) is 11.3 Å². The Morgan fingerprint density at radius 1 is 1.50 bits per heavy atom. The molecule has 2 heterocycles. The van der Waals surface area contributed by atoms with Gasteiger partial charge in [-0.3, -0.25) is 14.8 Å². The normalized spacial score (nSPS) is 17.2. The fourth-order valence-electron chi connectivity index (χ4n) is 3.03. The first-order valence-electron chi connectivity index (χ1n) is 8.38. The summed E-state index contributed by atoms with van der Waals surface area (Å²) < 4.78 is 1.70. The Morgan fingerprint density at radius 2 is 2.25 bits per heavy atom. The lowest BCUT2D eigenvalue weighted by molar-refractivity contribution is 0.102. The average molecular weight is 367 g/mol.